The van der Waals surface area contributed by atoms with E-state index in [1.54, 1.807) is 24.3 Å². The summed E-state index contributed by atoms with van der Waals surface area (Å²) >= 11 is 24.6. The molecule has 0 spiro atoms. The van der Waals surface area contributed by atoms with Crippen LogP contribution in [-0.4, -0.2) is 14.5 Å². The second-order valence-corrected chi connectivity index (χ2v) is 8.09. The number of para-hydroxylation sites is 2. The number of fused-ring (bicyclic) bond motifs is 2. The maximum atomic E-state index is 10.2. The van der Waals surface area contributed by atoms with Gasteiger partial charge < -0.3 is 19.7 Å². The zero-order valence-electron chi connectivity index (χ0n) is 11.6. The highest BCUT2D eigenvalue weighted by molar-refractivity contribution is 6.62. The van der Waals surface area contributed by atoms with E-state index in [1.807, 2.05) is 0 Å². The third-order valence-electron chi connectivity index (χ3n) is 3.34. The maximum Gasteiger partial charge on any atom is 0.182 e. The fourth-order valence-electron chi connectivity index (χ4n) is 2.15. The minimum atomic E-state index is -1.99. The number of phenolic OH excluding ortho intramolecular Hbond substituents is 2. The topological polar surface area (TPSA) is 58.9 Å². The normalized spacial score (nSPS) is 13.6. The summed E-state index contributed by atoms with van der Waals surface area (Å²) in [5, 5.41) is 20.2. The molecule has 2 N–H and O–H groups in total. The van der Waals surface area contributed by atoms with Crippen LogP contribution in [0, 0.1) is 0 Å². The van der Waals surface area contributed by atoms with Gasteiger partial charge in [-0.3, -0.25) is 0 Å². The number of ether oxygens (including phenoxy) is 2. The van der Waals surface area contributed by atoms with Crippen LogP contribution in [0.1, 0.15) is 12.5 Å². The van der Waals surface area contributed by atoms with Crippen LogP contribution in [0.3, 0.4) is 0 Å². The van der Waals surface area contributed by atoms with Crippen molar-refractivity contribution in [2.24, 2.45) is 0 Å². The summed E-state index contributed by atoms with van der Waals surface area (Å²) in [7, 11) is 0. The number of aromatic hydroxyl groups is 2. The van der Waals surface area contributed by atoms with E-state index in [9.17, 15) is 10.2 Å². The summed E-state index contributed by atoms with van der Waals surface area (Å²) in [6, 6.07) is 8.04. The van der Waals surface area contributed by atoms with Crippen LogP contribution in [-0.2, 0) is 4.33 Å². The molecule has 0 atom stereocenters. The molecule has 122 valence electrons. The van der Waals surface area contributed by atoms with Crippen LogP contribution in [0.2, 0.25) is 0 Å². The highest BCUT2D eigenvalue weighted by atomic mass is 35.5. The molecule has 1 aliphatic rings. The zero-order valence-corrected chi connectivity index (χ0v) is 14.6. The van der Waals surface area contributed by atoms with Crippen LogP contribution in [0.15, 0.2) is 30.3 Å². The summed E-state index contributed by atoms with van der Waals surface area (Å²) in [5.74, 6) is -0.116. The number of alkyl halides is 4. The van der Waals surface area contributed by atoms with Crippen LogP contribution >= 0.6 is 46.4 Å². The van der Waals surface area contributed by atoms with Crippen molar-refractivity contribution < 1.29 is 19.7 Å². The molecular weight excluding hydrogens is 386 g/mol. The molecule has 1 aliphatic heterocycles. The van der Waals surface area contributed by atoms with E-state index in [2.05, 4.69) is 0 Å². The van der Waals surface area contributed by atoms with Crippen molar-refractivity contribution in [3.63, 3.8) is 0 Å². The molecule has 0 amide bonds. The average molecular weight is 396 g/mol. The third kappa shape index (κ3) is 2.64. The molecule has 3 rings (SSSR count). The van der Waals surface area contributed by atoms with Crippen molar-refractivity contribution in [2.45, 2.75) is 15.6 Å². The first kappa shape index (κ1) is 16.7. The Morgan fingerprint density at radius 2 is 1.48 bits per heavy atom. The van der Waals surface area contributed by atoms with E-state index in [0.29, 0.717) is 11.5 Å². The fourth-order valence-corrected chi connectivity index (χ4v) is 2.69. The van der Waals surface area contributed by atoms with Gasteiger partial charge in [-0.05, 0) is 19.1 Å². The Hall–Kier alpha value is -1.20. The van der Waals surface area contributed by atoms with E-state index >= 15 is 0 Å². The molecular formula is C15H10Cl4O4. The lowest BCUT2D eigenvalue weighted by molar-refractivity contribution is 0.337. The van der Waals surface area contributed by atoms with Crippen molar-refractivity contribution in [3.05, 3.63) is 35.9 Å². The van der Waals surface area contributed by atoms with Crippen molar-refractivity contribution in [3.8, 4) is 34.5 Å². The lowest BCUT2D eigenvalue weighted by Crippen LogP contribution is -2.31. The smallest absolute Gasteiger partial charge is 0.182 e. The number of halogens is 4. The monoisotopic (exact) mass is 394 g/mol. The largest absolute Gasteiger partial charge is 0.504 e. The molecule has 0 radical (unpaired) electrons. The minimum Gasteiger partial charge on any atom is -0.504 e. The molecule has 1 heterocycles. The number of rotatable bonds is 2. The number of hydrogen-bond acceptors (Lipinski definition) is 4. The molecule has 0 bridgehead atoms. The van der Waals surface area contributed by atoms with Crippen molar-refractivity contribution >= 4 is 46.4 Å². The molecule has 0 aliphatic carbocycles. The molecule has 2 aromatic rings. The lowest BCUT2D eigenvalue weighted by atomic mass is 10.0. The summed E-state index contributed by atoms with van der Waals surface area (Å²) in [5.41, 5.74) is -0.183. The average Bonchev–Trinajstić information content (AvgIpc) is 2.45. The Kier molecular flexibility index (Phi) is 3.92. The van der Waals surface area contributed by atoms with Crippen molar-refractivity contribution in [2.75, 3.05) is 0 Å². The molecule has 0 unspecified atom stereocenters. The van der Waals surface area contributed by atoms with Crippen molar-refractivity contribution in [1.82, 2.24) is 0 Å². The highest BCUT2D eigenvalue weighted by Gasteiger charge is 2.50. The Balaban J connectivity index is 2.25. The van der Waals surface area contributed by atoms with Gasteiger partial charge in [0.05, 0.1) is 5.56 Å². The number of benzene rings is 2. The van der Waals surface area contributed by atoms with Crippen LogP contribution in [0.25, 0.3) is 0 Å². The van der Waals surface area contributed by atoms with Gasteiger partial charge >= 0.3 is 0 Å². The molecule has 23 heavy (non-hydrogen) atoms. The number of hydrogen-bond donors (Lipinski definition) is 2. The fraction of sp³-hybridized carbons (Fsp3) is 0.200. The summed E-state index contributed by atoms with van der Waals surface area (Å²) in [6.45, 7) is 1.35. The van der Waals surface area contributed by atoms with Gasteiger partial charge in [0.15, 0.2) is 43.2 Å². The Labute approximate surface area is 152 Å². The van der Waals surface area contributed by atoms with Gasteiger partial charge in [-0.1, -0.05) is 58.5 Å². The van der Waals surface area contributed by atoms with E-state index in [1.165, 1.54) is 13.0 Å². The highest BCUT2D eigenvalue weighted by Crippen LogP contribution is 2.61. The summed E-state index contributed by atoms with van der Waals surface area (Å²) < 4.78 is 7.72. The van der Waals surface area contributed by atoms with Gasteiger partial charge in [-0.25, -0.2) is 0 Å². The molecule has 4 nitrogen and oxygen atoms in total. The minimum absolute atomic E-state index is 0.0246. The zero-order chi connectivity index (χ0) is 17.0. The first-order valence-corrected chi connectivity index (χ1v) is 7.94. The predicted molar refractivity (Wildman–Crippen MR) is 89.9 cm³/mol. The van der Waals surface area contributed by atoms with Gasteiger partial charge in [0.1, 0.15) is 0 Å². The van der Waals surface area contributed by atoms with Gasteiger partial charge in [-0.2, -0.15) is 0 Å². The van der Waals surface area contributed by atoms with Crippen LogP contribution < -0.4 is 9.47 Å². The van der Waals surface area contributed by atoms with Crippen LogP contribution in [0.5, 0.6) is 34.5 Å². The van der Waals surface area contributed by atoms with Crippen molar-refractivity contribution in [1.29, 1.82) is 0 Å². The van der Waals surface area contributed by atoms with E-state index in [4.69, 9.17) is 55.9 Å². The molecule has 2 aromatic carbocycles. The molecule has 8 heteroatoms. The Morgan fingerprint density at radius 3 is 2.04 bits per heavy atom. The third-order valence-corrected chi connectivity index (χ3v) is 5.43. The molecule has 0 saturated heterocycles. The molecule has 0 saturated carbocycles. The van der Waals surface area contributed by atoms with Gasteiger partial charge in [-0.15, -0.1) is 0 Å². The quantitative estimate of drug-likeness (QED) is 0.424. The summed E-state index contributed by atoms with van der Waals surface area (Å²) in [6.07, 6.45) is 0. The first-order valence-electron chi connectivity index (χ1n) is 6.42. The standard InChI is InChI=1S/C15H10Cl4O4/c1-14(16,17)15(18,19)11-12(21)7(20)6-10-13(11)23-9-5-3-2-4-8(9)22-10/h2-6,20-21H,1H3. The molecule has 0 fully saturated rings. The Bertz CT molecular complexity index is 784. The van der Waals surface area contributed by atoms with E-state index in [0.717, 1.165) is 0 Å². The number of phenols is 2. The lowest BCUT2D eigenvalue weighted by Gasteiger charge is -2.33. The van der Waals surface area contributed by atoms with Gasteiger partial charge in [0.2, 0.25) is 0 Å². The first-order chi connectivity index (χ1) is 10.6. The summed E-state index contributed by atoms with van der Waals surface area (Å²) in [4.78, 5) is 0. The van der Waals surface area contributed by atoms with E-state index in [-0.39, 0.29) is 17.1 Å². The van der Waals surface area contributed by atoms with Gasteiger partial charge in [0, 0.05) is 6.07 Å². The van der Waals surface area contributed by atoms with Crippen LogP contribution in [0.4, 0.5) is 0 Å². The SMILES string of the molecule is CC(Cl)(Cl)C(Cl)(Cl)c1c(O)c(O)cc2c1Oc1ccccc1O2. The molecule has 0 aromatic heterocycles. The second kappa shape index (κ2) is 5.42. The van der Waals surface area contributed by atoms with E-state index < -0.39 is 20.2 Å². The Morgan fingerprint density at radius 1 is 0.913 bits per heavy atom. The predicted octanol–water partition coefficient (Wildman–Crippen LogP) is 5.82. The second-order valence-electron chi connectivity index (χ2n) is 5.06. The van der Waals surface area contributed by atoms with Gasteiger partial charge in [0.25, 0.3) is 0 Å². The maximum absolute atomic E-state index is 10.2.